The van der Waals surface area contributed by atoms with Crippen molar-refractivity contribution < 1.29 is 9.59 Å². The van der Waals surface area contributed by atoms with Gasteiger partial charge in [-0.25, -0.2) is 0 Å². The Morgan fingerprint density at radius 1 is 1.07 bits per heavy atom. The molecule has 6 heteroatoms. The van der Waals surface area contributed by atoms with Crippen molar-refractivity contribution in [2.45, 2.75) is 38.3 Å². The summed E-state index contributed by atoms with van der Waals surface area (Å²) in [6.45, 7) is 3.87. The van der Waals surface area contributed by atoms with Crippen LogP contribution in [-0.4, -0.2) is 42.9 Å². The molecule has 156 valence electrons. The Bertz CT molecular complexity index is 790. The summed E-state index contributed by atoms with van der Waals surface area (Å²) in [4.78, 5) is 27.5. The Hall–Kier alpha value is -2.37. The van der Waals surface area contributed by atoms with Gasteiger partial charge in [-0.3, -0.25) is 9.59 Å². The molecule has 1 aliphatic rings. The van der Waals surface area contributed by atoms with Gasteiger partial charge in [0.2, 0.25) is 5.91 Å². The summed E-state index contributed by atoms with van der Waals surface area (Å²) >= 11 is 0. The van der Waals surface area contributed by atoms with E-state index in [-0.39, 0.29) is 42.7 Å². The van der Waals surface area contributed by atoms with Gasteiger partial charge in [-0.05, 0) is 50.6 Å². The number of hydrogen-bond acceptors (Lipinski definition) is 3. The maximum atomic E-state index is 12.9. The molecule has 1 fully saturated rings. The van der Waals surface area contributed by atoms with Crippen molar-refractivity contribution in [2.24, 2.45) is 0 Å². The minimum absolute atomic E-state index is 0. The highest BCUT2D eigenvalue weighted by Gasteiger charge is 2.26. The summed E-state index contributed by atoms with van der Waals surface area (Å²) in [5.41, 5.74) is 2.65. The summed E-state index contributed by atoms with van der Waals surface area (Å²) in [5.74, 6) is -0.101. The van der Waals surface area contributed by atoms with Crippen LogP contribution in [0.5, 0.6) is 0 Å². The van der Waals surface area contributed by atoms with E-state index in [1.165, 1.54) is 0 Å². The molecule has 0 aliphatic carbocycles. The van der Waals surface area contributed by atoms with Gasteiger partial charge in [0.1, 0.15) is 0 Å². The number of amides is 2. The van der Waals surface area contributed by atoms with Crippen molar-refractivity contribution in [3.05, 3.63) is 71.3 Å². The van der Waals surface area contributed by atoms with Gasteiger partial charge < -0.3 is 15.5 Å². The standard InChI is InChI=1S/C23H29N3O2.ClH/c1-17-8-10-19(11-9-17)23(28)25-21(18-6-4-3-5-7-18)16-22(27)26(2)20-12-14-24-15-13-20;/h3-11,20-21,24H,12-16H2,1-2H3,(H,25,28);1H. The van der Waals surface area contributed by atoms with Crippen molar-refractivity contribution in [2.75, 3.05) is 20.1 Å². The first-order valence-electron chi connectivity index (χ1n) is 9.93. The summed E-state index contributed by atoms with van der Waals surface area (Å²) < 4.78 is 0. The van der Waals surface area contributed by atoms with E-state index >= 15 is 0 Å². The lowest BCUT2D eigenvalue weighted by Gasteiger charge is -2.33. The fourth-order valence-corrected chi connectivity index (χ4v) is 3.60. The smallest absolute Gasteiger partial charge is 0.251 e. The Labute approximate surface area is 179 Å². The molecule has 0 bridgehead atoms. The number of aryl methyl sites for hydroxylation is 1. The minimum atomic E-state index is -0.355. The number of benzene rings is 2. The van der Waals surface area contributed by atoms with E-state index in [9.17, 15) is 9.59 Å². The Kier molecular flexibility index (Phi) is 8.68. The van der Waals surface area contributed by atoms with Gasteiger partial charge in [-0.1, -0.05) is 48.0 Å². The lowest BCUT2D eigenvalue weighted by atomic mass is 10.00. The van der Waals surface area contributed by atoms with E-state index in [4.69, 9.17) is 0 Å². The second-order valence-electron chi connectivity index (χ2n) is 7.49. The van der Waals surface area contributed by atoms with Crippen LogP contribution < -0.4 is 10.6 Å². The number of carbonyl (C=O) groups excluding carboxylic acids is 2. The van der Waals surface area contributed by atoms with Crippen LogP contribution in [0.15, 0.2) is 54.6 Å². The van der Waals surface area contributed by atoms with Crippen molar-refractivity contribution in [1.82, 2.24) is 15.5 Å². The molecular formula is C23H30ClN3O2. The molecule has 2 aromatic carbocycles. The van der Waals surface area contributed by atoms with Crippen LogP contribution in [-0.2, 0) is 4.79 Å². The summed E-state index contributed by atoms with van der Waals surface area (Å²) in [6.07, 6.45) is 2.18. The van der Waals surface area contributed by atoms with E-state index in [0.29, 0.717) is 5.56 Å². The van der Waals surface area contributed by atoms with E-state index in [1.807, 2.05) is 73.5 Å². The zero-order valence-electron chi connectivity index (χ0n) is 17.1. The predicted octanol–water partition coefficient (Wildman–Crippen LogP) is 3.49. The van der Waals surface area contributed by atoms with Crippen LogP contribution in [0.1, 0.15) is 46.8 Å². The molecule has 1 saturated heterocycles. The molecule has 5 nitrogen and oxygen atoms in total. The SMILES string of the molecule is Cc1ccc(C(=O)NC(CC(=O)N(C)C2CCNCC2)c2ccccc2)cc1.Cl. The molecule has 1 heterocycles. The fourth-order valence-electron chi connectivity index (χ4n) is 3.60. The monoisotopic (exact) mass is 415 g/mol. The highest BCUT2D eigenvalue weighted by Crippen LogP contribution is 2.20. The Morgan fingerprint density at radius 3 is 2.31 bits per heavy atom. The Balaban J connectivity index is 0.00000300. The number of piperidine rings is 1. The highest BCUT2D eigenvalue weighted by molar-refractivity contribution is 5.94. The molecule has 3 rings (SSSR count). The molecule has 29 heavy (non-hydrogen) atoms. The van der Waals surface area contributed by atoms with E-state index in [0.717, 1.165) is 37.1 Å². The zero-order valence-corrected chi connectivity index (χ0v) is 17.9. The zero-order chi connectivity index (χ0) is 19.9. The van der Waals surface area contributed by atoms with E-state index in [2.05, 4.69) is 10.6 Å². The average Bonchev–Trinajstić information content (AvgIpc) is 2.74. The maximum absolute atomic E-state index is 12.9. The number of hydrogen-bond donors (Lipinski definition) is 2. The minimum Gasteiger partial charge on any atom is -0.345 e. The van der Waals surface area contributed by atoms with Crippen LogP contribution in [0, 0.1) is 6.92 Å². The lowest BCUT2D eigenvalue weighted by molar-refractivity contribution is -0.132. The third-order valence-corrected chi connectivity index (χ3v) is 5.45. The van der Waals surface area contributed by atoms with Gasteiger partial charge in [0.25, 0.3) is 5.91 Å². The topological polar surface area (TPSA) is 61.4 Å². The summed E-state index contributed by atoms with van der Waals surface area (Å²) in [5, 5.41) is 6.39. The molecule has 2 N–H and O–H groups in total. The molecule has 1 aliphatic heterocycles. The van der Waals surface area contributed by atoms with Gasteiger partial charge in [-0.2, -0.15) is 0 Å². The van der Waals surface area contributed by atoms with Crippen molar-refractivity contribution in [1.29, 1.82) is 0 Å². The lowest BCUT2D eigenvalue weighted by Crippen LogP contribution is -2.45. The van der Waals surface area contributed by atoms with Gasteiger partial charge in [0.15, 0.2) is 0 Å². The molecule has 0 spiro atoms. The molecule has 1 unspecified atom stereocenters. The van der Waals surface area contributed by atoms with Gasteiger partial charge in [-0.15, -0.1) is 12.4 Å². The third kappa shape index (κ3) is 6.31. The number of nitrogens with one attached hydrogen (secondary N) is 2. The van der Waals surface area contributed by atoms with Crippen LogP contribution >= 0.6 is 12.4 Å². The highest BCUT2D eigenvalue weighted by atomic mass is 35.5. The second-order valence-corrected chi connectivity index (χ2v) is 7.49. The van der Waals surface area contributed by atoms with Crippen molar-refractivity contribution in [3.8, 4) is 0 Å². The first-order chi connectivity index (χ1) is 13.5. The molecular weight excluding hydrogens is 386 g/mol. The predicted molar refractivity (Wildman–Crippen MR) is 118 cm³/mol. The molecule has 0 aromatic heterocycles. The van der Waals surface area contributed by atoms with Gasteiger partial charge in [0, 0.05) is 18.7 Å². The largest absolute Gasteiger partial charge is 0.345 e. The number of rotatable bonds is 6. The number of halogens is 1. The normalized spacial score (nSPS) is 15.1. The van der Waals surface area contributed by atoms with Gasteiger partial charge in [0.05, 0.1) is 12.5 Å². The van der Waals surface area contributed by atoms with Crippen LogP contribution in [0.4, 0.5) is 0 Å². The number of carbonyl (C=O) groups is 2. The van der Waals surface area contributed by atoms with Crippen molar-refractivity contribution >= 4 is 24.2 Å². The number of nitrogens with zero attached hydrogens (tertiary/aromatic N) is 1. The first kappa shape index (κ1) is 22.9. The average molecular weight is 416 g/mol. The third-order valence-electron chi connectivity index (χ3n) is 5.45. The molecule has 2 aromatic rings. The molecule has 0 saturated carbocycles. The Morgan fingerprint density at radius 2 is 1.69 bits per heavy atom. The van der Waals surface area contributed by atoms with Crippen LogP contribution in [0.3, 0.4) is 0 Å². The van der Waals surface area contributed by atoms with E-state index < -0.39 is 0 Å². The molecule has 0 radical (unpaired) electrons. The first-order valence-corrected chi connectivity index (χ1v) is 9.93. The van der Waals surface area contributed by atoms with E-state index in [1.54, 1.807) is 0 Å². The van der Waals surface area contributed by atoms with Crippen LogP contribution in [0.2, 0.25) is 0 Å². The second kappa shape index (κ2) is 11.0. The summed E-state index contributed by atoms with van der Waals surface area (Å²) in [6, 6.07) is 17.1. The fraction of sp³-hybridized carbons (Fsp3) is 0.391. The van der Waals surface area contributed by atoms with Crippen LogP contribution in [0.25, 0.3) is 0 Å². The maximum Gasteiger partial charge on any atom is 0.251 e. The van der Waals surface area contributed by atoms with Crippen molar-refractivity contribution in [3.63, 3.8) is 0 Å². The molecule has 1 atom stereocenters. The van der Waals surface area contributed by atoms with Gasteiger partial charge >= 0.3 is 0 Å². The summed E-state index contributed by atoms with van der Waals surface area (Å²) in [7, 11) is 1.88. The quantitative estimate of drug-likeness (QED) is 0.759. The molecule has 2 amide bonds.